The number of carbonyl (C=O) groups is 1. The Hall–Kier alpha value is -0.570. The Labute approximate surface area is 92.0 Å². The van der Waals surface area contributed by atoms with Crippen molar-refractivity contribution >= 4 is 5.91 Å². The topological polar surface area (TPSA) is 46.3 Å². The van der Waals surface area contributed by atoms with E-state index in [0.717, 1.165) is 25.8 Å². The van der Waals surface area contributed by atoms with Gasteiger partial charge < -0.3 is 10.6 Å². The Morgan fingerprint density at radius 1 is 1.47 bits per heavy atom. The number of hydrogen-bond donors (Lipinski definition) is 1. The summed E-state index contributed by atoms with van der Waals surface area (Å²) in [7, 11) is 0. The molecule has 0 aromatic carbocycles. The number of nitrogens with two attached hydrogens (primary N) is 1. The molecule has 1 amide bonds. The summed E-state index contributed by atoms with van der Waals surface area (Å²) in [6, 6.07) is 0.588. The summed E-state index contributed by atoms with van der Waals surface area (Å²) < 4.78 is 0. The summed E-state index contributed by atoms with van der Waals surface area (Å²) in [4.78, 5) is 14.5. The maximum absolute atomic E-state index is 12.4. The molecule has 0 spiro atoms. The van der Waals surface area contributed by atoms with Crippen LogP contribution in [0.4, 0.5) is 0 Å². The second-order valence-electron chi connectivity index (χ2n) is 5.24. The van der Waals surface area contributed by atoms with Gasteiger partial charge in [0, 0.05) is 18.6 Å². The fourth-order valence-electron chi connectivity index (χ4n) is 2.74. The normalized spacial score (nSPS) is 35.5. The van der Waals surface area contributed by atoms with Gasteiger partial charge in [-0.3, -0.25) is 4.79 Å². The van der Waals surface area contributed by atoms with Crippen LogP contribution < -0.4 is 5.73 Å². The fraction of sp³-hybridized carbons (Fsp3) is 0.917. The molecular formula is C12H22N2O. The van der Waals surface area contributed by atoms with Crippen molar-refractivity contribution in [2.75, 3.05) is 6.54 Å². The minimum absolute atomic E-state index is 0.0674. The third kappa shape index (κ3) is 1.78. The lowest BCUT2D eigenvalue weighted by Gasteiger charge is -2.34. The van der Waals surface area contributed by atoms with E-state index in [0.29, 0.717) is 11.9 Å². The van der Waals surface area contributed by atoms with Crippen molar-refractivity contribution in [2.24, 2.45) is 11.1 Å². The number of carbonyl (C=O) groups excluding carboxylic acids is 1. The molecule has 2 atom stereocenters. The average molecular weight is 210 g/mol. The highest BCUT2D eigenvalue weighted by Gasteiger charge is 2.47. The van der Waals surface area contributed by atoms with Crippen LogP contribution in [-0.4, -0.2) is 29.4 Å². The molecule has 2 N–H and O–H groups in total. The summed E-state index contributed by atoms with van der Waals surface area (Å²) in [6.45, 7) is 4.96. The Morgan fingerprint density at radius 2 is 2.13 bits per heavy atom. The zero-order valence-electron chi connectivity index (χ0n) is 9.83. The maximum Gasteiger partial charge on any atom is 0.230 e. The molecule has 2 saturated carbocycles. The standard InChI is InChI=1S/C12H22N2O/c1-3-14(9-6-7-9)11(15)12(2)8-4-5-10(12)13/h9-10H,3-8,13H2,1-2H3. The molecular weight excluding hydrogens is 188 g/mol. The Kier molecular flexibility index (Phi) is 2.75. The first-order chi connectivity index (χ1) is 7.09. The number of hydrogen-bond acceptors (Lipinski definition) is 2. The predicted molar refractivity (Wildman–Crippen MR) is 60.3 cm³/mol. The van der Waals surface area contributed by atoms with Crippen LogP contribution in [0.1, 0.15) is 46.0 Å². The van der Waals surface area contributed by atoms with Crippen LogP contribution in [0.5, 0.6) is 0 Å². The Balaban J connectivity index is 2.10. The quantitative estimate of drug-likeness (QED) is 0.767. The monoisotopic (exact) mass is 210 g/mol. The molecule has 2 aliphatic carbocycles. The van der Waals surface area contributed by atoms with Crippen molar-refractivity contribution in [3.8, 4) is 0 Å². The van der Waals surface area contributed by atoms with Gasteiger partial charge in [0.2, 0.25) is 5.91 Å². The van der Waals surface area contributed by atoms with Crippen LogP contribution in [0.2, 0.25) is 0 Å². The van der Waals surface area contributed by atoms with Crippen LogP contribution in [0.25, 0.3) is 0 Å². The zero-order valence-corrected chi connectivity index (χ0v) is 9.83. The molecule has 0 radical (unpaired) electrons. The SMILES string of the molecule is CCN(C(=O)C1(C)CCCC1N)C1CC1. The van der Waals surface area contributed by atoms with E-state index in [-0.39, 0.29) is 11.5 Å². The molecule has 0 heterocycles. The van der Waals surface area contributed by atoms with Gasteiger partial charge in [-0.05, 0) is 39.5 Å². The number of amides is 1. The van der Waals surface area contributed by atoms with E-state index in [9.17, 15) is 4.79 Å². The molecule has 0 bridgehead atoms. The first kappa shape index (κ1) is 10.9. The highest BCUT2D eigenvalue weighted by atomic mass is 16.2. The first-order valence-electron chi connectivity index (χ1n) is 6.16. The molecule has 2 fully saturated rings. The minimum Gasteiger partial charge on any atom is -0.339 e. The lowest BCUT2D eigenvalue weighted by Crippen LogP contribution is -2.49. The Morgan fingerprint density at radius 3 is 2.53 bits per heavy atom. The number of rotatable bonds is 3. The highest BCUT2D eigenvalue weighted by molar-refractivity contribution is 5.84. The van der Waals surface area contributed by atoms with Gasteiger partial charge >= 0.3 is 0 Å². The lowest BCUT2D eigenvalue weighted by molar-refractivity contribution is -0.142. The van der Waals surface area contributed by atoms with Gasteiger partial charge in [0.05, 0.1) is 5.41 Å². The van der Waals surface area contributed by atoms with Crippen LogP contribution >= 0.6 is 0 Å². The first-order valence-corrected chi connectivity index (χ1v) is 6.16. The molecule has 15 heavy (non-hydrogen) atoms. The molecule has 0 aromatic rings. The van der Waals surface area contributed by atoms with Crippen LogP contribution in [0, 0.1) is 5.41 Å². The van der Waals surface area contributed by atoms with Gasteiger partial charge in [0.25, 0.3) is 0 Å². The average Bonchev–Trinajstić information content (AvgIpc) is 2.97. The summed E-state index contributed by atoms with van der Waals surface area (Å²) in [6.07, 6.45) is 5.45. The van der Waals surface area contributed by atoms with Crippen molar-refractivity contribution < 1.29 is 4.79 Å². The van der Waals surface area contributed by atoms with Crippen molar-refractivity contribution in [1.29, 1.82) is 0 Å². The third-order valence-corrected chi connectivity index (χ3v) is 4.11. The van der Waals surface area contributed by atoms with Crippen molar-refractivity contribution in [3.63, 3.8) is 0 Å². The molecule has 0 aliphatic heterocycles. The number of nitrogens with zero attached hydrogens (tertiary/aromatic N) is 1. The molecule has 2 aliphatic rings. The Bertz CT molecular complexity index is 262. The van der Waals surface area contributed by atoms with Crippen molar-refractivity contribution in [2.45, 2.75) is 58.0 Å². The van der Waals surface area contributed by atoms with Crippen LogP contribution in [0.15, 0.2) is 0 Å². The summed E-state index contributed by atoms with van der Waals surface area (Å²) in [5, 5.41) is 0. The smallest absolute Gasteiger partial charge is 0.230 e. The van der Waals surface area contributed by atoms with E-state index >= 15 is 0 Å². The van der Waals surface area contributed by atoms with Gasteiger partial charge in [-0.2, -0.15) is 0 Å². The van der Waals surface area contributed by atoms with Gasteiger partial charge in [-0.25, -0.2) is 0 Å². The summed E-state index contributed by atoms with van der Waals surface area (Å²) in [5.41, 5.74) is 5.80. The zero-order chi connectivity index (χ0) is 11.1. The van der Waals surface area contributed by atoms with E-state index in [1.54, 1.807) is 0 Å². The molecule has 0 aromatic heterocycles. The van der Waals surface area contributed by atoms with E-state index in [1.807, 2.05) is 4.90 Å². The molecule has 0 saturated heterocycles. The van der Waals surface area contributed by atoms with Crippen LogP contribution in [0.3, 0.4) is 0 Å². The van der Waals surface area contributed by atoms with Gasteiger partial charge in [-0.1, -0.05) is 6.42 Å². The van der Waals surface area contributed by atoms with Crippen LogP contribution in [-0.2, 0) is 4.79 Å². The summed E-state index contributed by atoms with van der Waals surface area (Å²) >= 11 is 0. The molecule has 2 unspecified atom stereocenters. The lowest BCUT2D eigenvalue weighted by atomic mass is 9.83. The molecule has 2 rings (SSSR count). The van der Waals surface area contributed by atoms with Gasteiger partial charge in [0.15, 0.2) is 0 Å². The van der Waals surface area contributed by atoms with Crippen molar-refractivity contribution in [3.05, 3.63) is 0 Å². The van der Waals surface area contributed by atoms with E-state index in [1.165, 1.54) is 12.8 Å². The second-order valence-corrected chi connectivity index (χ2v) is 5.24. The summed E-state index contributed by atoms with van der Waals surface area (Å²) in [5.74, 6) is 0.303. The second kappa shape index (κ2) is 3.78. The molecule has 3 nitrogen and oxygen atoms in total. The molecule has 3 heteroatoms. The minimum atomic E-state index is -0.279. The van der Waals surface area contributed by atoms with Crippen molar-refractivity contribution in [1.82, 2.24) is 4.90 Å². The fourth-order valence-corrected chi connectivity index (χ4v) is 2.74. The third-order valence-electron chi connectivity index (χ3n) is 4.11. The maximum atomic E-state index is 12.4. The van der Waals surface area contributed by atoms with E-state index in [2.05, 4.69) is 13.8 Å². The largest absolute Gasteiger partial charge is 0.339 e. The molecule has 86 valence electrons. The predicted octanol–water partition coefficient (Wildman–Crippen LogP) is 1.51. The van der Waals surface area contributed by atoms with E-state index in [4.69, 9.17) is 5.73 Å². The van der Waals surface area contributed by atoms with E-state index < -0.39 is 0 Å². The van der Waals surface area contributed by atoms with Gasteiger partial charge in [0.1, 0.15) is 0 Å². The van der Waals surface area contributed by atoms with Gasteiger partial charge in [-0.15, -0.1) is 0 Å². The highest BCUT2D eigenvalue weighted by Crippen LogP contribution is 2.40.